The van der Waals surface area contributed by atoms with Crippen molar-refractivity contribution in [3.63, 3.8) is 0 Å². The molecule has 1 aliphatic heterocycles. The summed E-state index contributed by atoms with van der Waals surface area (Å²) in [4.78, 5) is 48.6. The molecule has 1 N–H and O–H groups in total. The minimum atomic E-state index is -0.211. The quantitative estimate of drug-likeness (QED) is 0.229. The second-order valence-electron chi connectivity index (χ2n) is 11.4. The zero-order valence-corrected chi connectivity index (χ0v) is 24.9. The van der Waals surface area contributed by atoms with Gasteiger partial charge in [0.1, 0.15) is 0 Å². The predicted octanol–water partition coefficient (Wildman–Crippen LogP) is 6.57. The van der Waals surface area contributed by atoms with Gasteiger partial charge in [-0.1, -0.05) is 43.2 Å². The second-order valence-corrected chi connectivity index (χ2v) is 12.5. The third-order valence-corrected chi connectivity index (χ3v) is 9.66. The number of imidazole rings is 1. The molecule has 3 amide bonds. The van der Waals surface area contributed by atoms with Gasteiger partial charge in [0.25, 0.3) is 5.91 Å². The van der Waals surface area contributed by atoms with Crippen molar-refractivity contribution in [1.82, 2.24) is 14.5 Å². The molecule has 42 heavy (non-hydrogen) atoms. The lowest BCUT2D eigenvalue weighted by Crippen LogP contribution is -2.27. The van der Waals surface area contributed by atoms with Crippen molar-refractivity contribution in [2.24, 2.45) is 5.92 Å². The molecule has 1 saturated carbocycles. The molecule has 8 nitrogen and oxygen atoms in total. The molecule has 2 fully saturated rings. The highest BCUT2D eigenvalue weighted by Gasteiger charge is 2.23. The number of hydrogen-bond donors (Lipinski definition) is 1. The minimum absolute atomic E-state index is 0.122. The van der Waals surface area contributed by atoms with Crippen LogP contribution in [0.1, 0.15) is 61.0 Å². The van der Waals surface area contributed by atoms with Gasteiger partial charge in [-0.25, -0.2) is 4.98 Å². The molecule has 1 aliphatic carbocycles. The Kier molecular flexibility index (Phi) is 8.37. The van der Waals surface area contributed by atoms with E-state index in [0.717, 1.165) is 59.4 Å². The van der Waals surface area contributed by atoms with Gasteiger partial charge in [-0.05, 0) is 67.5 Å². The van der Waals surface area contributed by atoms with Crippen LogP contribution in [0.2, 0.25) is 0 Å². The molecule has 0 radical (unpaired) electrons. The normalized spacial score (nSPS) is 15.5. The number of nitrogens with one attached hydrogen (secondary N) is 1. The Morgan fingerprint density at radius 3 is 2.60 bits per heavy atom. The Morgan fingerprint density at radius 2 is 1.83 bits per heavy atom. The van der Waals surface area contributed by atoms with Crippen molar-refractivity contribution in [3.8, 4) is 10.4 Å². The van der Waals surface area contributed by atoms with Gasteiger partial charge in [0.15, 0.2) is 0 Å². The fraction of sp³-hybridized carbons (Fsp3) is 0.394. The topological polar surface area (TPSA) is 87.5 Å². The molecule has 6 rings (SSSR count). The zero-order valence-electron chi connectivity index (χ0n) is 24.1. The van der Waals surface area contributed by atoms with Crippen molar-refractivity contribution >= 4 is 51.7 Å². The lowest BCUT2D eigenvalue weighted by molar-refractivity contribution is -0.127. The number of carbonyl (C=O) groups excluding carboxylic acids is 3. The molecule has 2 aromatic carbocycles. The first kappa shape index (κ1) is 28.2. The summed E-state index contributed by atoms with van der Waals surface area (Å²) in [6, 6.07) is 19.7. The molecule has 0 spiro atoms. The number of likely N-dealkylation sites (tertiary alicyclic amines) is 1. The van der Waals surface area contributed by atoms with Crippen LogP contribution in [0.4, 0.5) is 11.6 Å². The standard InChI is InChI=1S/C33H37N5O3S/c1-36(31(40)21-23-9-5-6-10-23)25-14-15-27-26(22-25)34-33(38(27)20-8-19-37-18-7-13-30(37)39)35-32(41)29-17-16-28(42-29)24-11-3-2-4-12-24/h2-4,11-12,14-17,22-23H,5-10,13,18-21H2,1H3,(H,34,35,41). The monoisotopic (exact) mass is 583 g/mol. The highest BCUT2D eigenvalue weighted by atomic mass is 32.1. The van der Waals surface area contributed by atoms with Gasteiger partial charge in [-0.15, -0.1) is 11.3 Å². The van der Waals surface area contributed by atoms with Crippen molar-refractivity contribution in [2.75, 3.05) is 30.4 Å². The molecule has 3 heterocycles. The molecule has 4 aromatic rings. The molecule has 0 atom stereocenters. The van der Waals surface area contributed by atoms with Crippen LogP contribution >= 0.6 is 11.3 Å². The van der Waals surface area contributed by atoms with E-state index in [2.05, 4.69) is 5.32 Å². The smallest absolute Gasteiger partial charge is 0.268 e. The number of thiophene rings is 1. The largest absolute Gasteiger partial charge is 0.343 e. The third-order valence-electron chi connectivity index (χ3n) is 8.53. The van der Waals surface area contributed by atoms with E-state index in [1.54, 1.807) is 4.90 Å². The highest BCUT2D eigenvalue weighted by molar-refractivity contribution is 7.17. The van der Waals surface area contributed by atoms with E-state index in [-0.39, 0.29) is 17.7 Å². The van der Waals surface area contributed by atoms with Crippen LogP contribution in [0.15, 0.2) is 60.7 Å². The van der Waals surface area contributed by atoms with Crippen LogP contribution in [0.5, 0.6) is 0 Å². The molecular formula is C33H37N5O3S. The van der Waals surface area contributed by atoms with Crippen LogP contribution < -0.4 is 10.2 Å². The predicted molar refractivity (Wildman–Crippen MR) is 168 cm³/mol. The van der Waals surface area contributed by atoms with Gasteiger partial charge in [-0.2, -0.15) is 0 Å². The molecule has 218 valence electrons. The molecule has 0 bridgehead atoms. The highest BCUT2D eigenvalue weighted by Crippen LogP contribution is 2.31. The number of nitrogens with zero attached hydrogens (tertiary/aromatic N) is 4. The maximum atomic E-state index is 13.4. The Morgan fingerprint density at radius 1 is 1.02 bits per heavy atom. The second kappa shape index (κ2) is 12.5. The molecule has 2 aliphatic rings. The maximum Gasteiger partial charge on any atom is 0.268 e. The van der Waals surface area contributed by atoms with Crippen molar-refractivity contribution in [2.45, 2.75) is 57.9 Å². The van der Waals surface area contributed by atoms with Crippen LogP contribution in [-0.4, -0.2) is 52.3 Å². The fourth-order valence-corrected chi connectivity index (χ4v) is 7.04. The third kappa shape index (κ3) is 6.11. The van der Waals surface area contributed by atoms with E-state index in [1.165, 1.54) is 24.2 Å². The van der Waals surface area contributed by atoms with E-state index >= 15 is 0 Å². The molecule has 0 unspecified atom stereocenters. The minimum Gasteiger partial charge on any atom is -0.343 e. The SMILES string of the molecule is CN(C(=O)CC1CCCC1)c1ccc2c(c1)nc(NC(=O)c1ccc(-c3ccccc3)s1)n2CCCN1CCCC1=O. The summed E-state index contributed by atoms with van der Waals surface area (Å²) < 4.78 is 2.02. The lowest BCUT2D eigenvalue weighted by Gasteiger charge is -2.19. The number of amides is 3. The average molecular weight is 584 g/mol. The van der Waals surface area contributed by atoms with Gasteiger partial charge in [-0.3, -0.25) is 19.7 Å². The van der Waals surface area contributed by atoms with Crippen molar-refractivity contribution in [3.05, 3.63) is 65.5 Å². The number of benzene rings is 2. The molecular weight excluding hydrogens is 546 g/mol. The van der Waals surface area contributed by atoms with Crippen LogP contribution in [0.3, 0.4) is 0 Å². The van der Waals surface area contributed by atoms with Gasteiger partial charge in [0.2, 0.25) is 17.8 Å². The van der Waals surface area contributed by atoms with Gasteiger partial charge < -0.3 is 14.4 Å². The van der Waals surface area contributed by atoms with Gasteiger partial charge in [0.05, 0.1) is 15.9 Å². The summed E-state index contributed by atoms with van der Waals surface area (Å²) in [5.41, 5.74) is 3.47. The number of fused-ring (bicyclic) bond motifs is 1. The number of hydrogen-bond acceptors (Lipinski definition) is 5. The van der Waals surface area contributed by atoms with Crippen LogP contribution in [0, 0.1) is 5.92 Å². The van der Waals surface area contributed by atoms with Gasteiger partial charge in [0, 0.05) is 50.1 Å². The fourth-order valence-electron chi connectivity index (χ4n) is 6.13. The summed E-state index contributed by atoms with van der Waals surface area (Å²) in [6.45, 7) is 2.08. The first-order valence-electron chi connectivity index (χ1n) is 15.0. The van der Waals surface area contributed by atoms with E-state index in [1.807, 2.05) is 77.2 Å². The number of anilines is 2. The Balaban J connectivity index is 1.24. The molecule has 1 saturated heterocycles. The maximum absolute atomic E-state index is 13.4. The first-order chi connectivity index (χ1) is 20.5. The summed E-state index contributed by atoms with van der Waals surface area (Å²) >= 11 is 1.45. The summed E-state index contributed by atoms with van der Waals surface area (Å²) in [5.74, 6) is 1.07. The number of rotatable bonds is 10. The van der Waals surface area contributed by atoms with Crippen LogP contribution in [-0.2, 0) is 16.1 Å². The van der Waals surface area contributed by atoms with E-state index < -0.39 is 0 Å². The van der Waals surface area contributed by atoms with E-state index in [9.17, 15) is 14.4 Å². The number of aromatic nitrogens is 2. The average Bonchev–Trinajstić information content (AvgIpc) is 3.82. The summed E-state index contributed by atoms with van der Waals surface area (Å²) in [5, 5.41) is 3.05. The Bertz CT molecular complexity index is 1590. The zero-order chi connectivity index (χ0) is 29.1. The lowest BCUT2D eigenvalue weighted by atomic mass is 10.0. The van der Waals surface area contributed by atoms with Crippen LogP contribution in [0.25, 0.3) is 21.5 Å². The van der Waals surface area contributed by atoms with Crippen molar-refractivity contribution < 1.29 is 14.4 Å². The van der Waals surface area contributed by atoms with E-state index in [4.69, 9.17) is 4.98 Å². The molecule has 2 aromatic heterocycles. The van der Waals surface area contributed by atoms with Crippen molar-refractivity contribution in [1.29, 1.82) is 0 Å². The van der Waals surface area contributed by atoms with Gasteiger partial charge >= 0.3 is 0 Å². The number of aryl methyl sites for hydroxylation is 1. The Hall–Kier alpha value is -3.98. The molecule has 9 heteroatoms. The Labute approximate surface area is 250 Å². The number of carbonyl (C=O) groups is 3. The van der Waals surface area contributed by atoms with E-state index in [0.29, 0.717) is 42.7 Å². The summed E-state index contributed by atoms with van der Waals surface area (Å²) in [6.07, 6.45) is 7.55. The first-order valence-corrected chi connectivity index (χ1v) is 15.8. The summed E-state index contributed by atoms with van der Waals surface area (Å²) in [7, 11) is 1.83.